The lowest BCUT2D eigenvalue weighted by molar-refractivity contribution is 0.273. The number of benzene rings is 2. The van der Waals surface area contributed by atoms with Crippen LogP contribution in [-0.2, 0) is 6.61 Å². The number of halogens is 2. The van der Waals surface area contributed by atoms with E-state index < -0.39 is 0 Å². The first-order valence-electron chi connectivity index (χ1n) is 5.78. The van der Waals surface area contributed by atoms with Crippen molar-refractivity contribution in [3.8, 4) is 5.75 Å². The van der Waals surface area contributed by atoms with Crippen LogP contribution in [0.5, 0.6) is 5.75 Å². The maximum Gasteiger partial charge on any atom is 0.146 e. The van der Waals surface area contributed by atoms with Gasteiger partial charge in [-0.05, 0) is 30.3 Å². The first-order valence-corrected chi connectivity index (χ1v) is 6.15. The summed E-state index contributed by atoms with van der Waals surface area (Å²) in [4.78, 5) is 0. The summed E-state index contributed by atoms with van der Waals surface area (Å²) in [6.07, 6.45) is 0. The molecule has 0 aliphatic heterocycles. The number of hydrogen-bond donors (Lipinski definition) is 0. The molecule has 19 heavy (non-hydrogen) atoms. The van der Waals surface area contributed by atoms with E-state index in [1.165, 1.54) is 12.1 Å². The fourth-order valence-electron chi connectivity index (χ4n) is 1.86. The van der Waals surface area contributed by atoms with Gasteiger partial charge in [0.15, 0.2) is 0 Å². The molecule has 3 rings (SSSR count). The number of ether oxygens (including phenoxy) is 1. The molecule has 0 aliphatic carbocycles. The number of fused-ring (bicyclic) bond motifs is 1. The average Bonchev–Trinajstić information content (AvgIpc) is 2.81. The lowest BCUT2D eigenvalue weighted by Gasteiger charge is -2.03. The molecule has 3 aromatic rings. The van der Waals surface area contributed by atoms with Gasteiger partial charge in [0, 0.05) is 11.5 Å². The van der Waals surface area contributed by atoms with Gasteiger partial charge in [0.05, 0.1) is 5.02 Å². The number of rotatable bonds is 3. The van der Waals surface area contributed by atoms with Gasteiger partial charge in [-0.25, -0.2) is 4.39 Å². The maximum absolute atomic E-state index is 13.0. The predicted molar refractivity (Wildman–Crippen MR) is 72.0 cm³/mol. The summed E-state index contributed by atoms with van der Waals surface area (Å²) in [6, 6.07) is 13.3. The van der Waals surface area contributed by atoms with Crippen LogP contribution >= 0.6 is 11.6 Å². The summed E-state index contributed by atoms with van der Waals surface area (Å²) in [5, 5.41) is 1.49. The Balaban J connectivity index is 1.80. The smallest absolute Gasteiger partial charge is 0.146 e. The molecule has 0 unspecified atom stereocenters. The van der Waals surface area contributed by atoms with Crippen LogP contribution in [0.2, 0.25) is 5.02 Å². The maximum atomic E-state index is 13.0. The Labute approximate surface area is 114 Å². The summed E-state index contributed by atoms with van der Waals surface area (Å²) in [5.41, 5.74) is 0.713. The average molecular weight is 277 g/mol. The SMILES string of the molecule is Fc1cccc(OCc2cc3c(Cl)cccc3o2)c1. The van der Waals surface area contributed by atoms with Gasteiger partial charge >= 0.3 is 0 Å². The summed E-state index contributed by atoms with van der Waals surface area (Å²) in [7, 11) is 0. The minimum Gasteiger partial charge on any atom is -0.486 e. The van der Waals surface area contributed by atoms with Gasteiger partial charge in [0.1, 0.15) is 29.5 Å². The van der Waals surface area contributed by atoms with Crippen molar-refractivity contribution in [2.24, 2.45) is 0 Å². The van der Waals surface area contributed by atoms with Crippen LogP contribution in [0.3, 0.4) is 0 Å². The van der Waals surface area contributed by atoms with Crippen LogP contribution in [-0.4, -0.2) is 0 Å². The number of hydrogen-bond acceptors (Lipinski definition) is 2. The Morgan fingerprint density at radius 3 is 2.74 bits per heavy atom. The normalized spacial score (nSPS) is 10.8. The highest BCUT2D eigenvalue weighted by molar-refractivity contribution is 6.35. The molecule has 1 aromatic heterocycles. The molecule has 2 aromatic carbocycles. The Hall–Kier alpha value is -2.00. The zero-order valence-electron chi connectivity index (χ0n) is 9.90. The molecular formula is C15H10ClFO2. The fraction of sp³-hybridized carbons (Fsp3) is 0.0667. The quantitative estimate of drug-likeness (QED) is 0.685. The second-order valence-corrected chi connectivity index (χ2v) is 4.52. The van der Waals surface area contributed by atoms with Crippen molar-refractivity contribution in [2.75, 3.05) is 0 Å². The van der Waals surface area contributed by atoms with Gasteiger partial charge in [-0.15, -0.1) is 0 Å². The van der Waals surface area contributed by atoms with Crippen molar-refractivity contribution < 1.29 is 13.5 Å². The fourth-order valence-corrected chi connectivity index (χ4v) is 2.08. The van der Waals surface area contributed by atoms with Crippen molar-refractivity contribution in [1.82, 2.24) is 0 Å². The summed E-state index contributed by atoms with van der Waals surface area (Å²) < 4.78 is 24.1. The van der Waals surface area contributed by atoms with E-state index in [2.05, 4.69) is 0 Å². The third kappa shape index (κ3) is 2.56. The molecule has 0 aliphatic rings. The van der Waals surface area contributed by atoms with E-state index in [-0.39, 0.29) is 12.4 Å². The monoisotopic (exact) mass is 276 g/mol. The lowest BCUT2D eigenvalue weighted by atomic mass is 10.2. The predicted octanol–water partition coefficient (Wildman–Crippen LogP) is 4.80. The molecule has 4 heteroatoms. The van der Waals surface area contributed by atoms with Gasteiger partial charge in [-0.3, -0.25) is 0 Å². The first-order chi connectivity index (χ1) is 9.22. The van der Waals surface area contributed by atoms with E-state index in [0.29, 0.717) is 22.1 Å². The second kappa shape index (κ2) is 4.94. The van der Waals surface area contributed by atoms with Gasteiger partial charge in [-0.2, -0.15) is 0 Å². The van der Waals surface area contributed by atoms with Gasteiger partial charge < -0.3 is 9.15 Å². The summed E-state index contributed by atoms with van der Waals surface area (Å²) in [5.74, 6) is 0.782. The third-order valence-electron chi connectivity index (χ3n) is 2.74. The molecule has 0 fully saturated rings. The number of furan rings is 1. The molecule has 96 valence electrons. The van der Waals surface area contributed by atoms with E-state index in [1.807, 2.05) is 18.2 Å². The molecule has 2 nitrogen and oxygen atoms in total. The van der Waals surface area contributed by atoms with Gasteiger partial charge in [0.2, 0.25) is 0 Å². The van der Waals surface area contributed by atoms with Crippen LogP contribution in [0, 0.1) is 5.82 Å². The minimum atomic E-state index is -0.329. The van der Waals surface area contributed by atoms with Crippen molar-refractivity contribution in [3.05, 3.63) is 65.1 Å². The largest absolute Gasteiger partial charge is 0.486 e. The Bertz CT molecular complexity index is 721. The summed E-state index contributed by atoms with van der Waals surface area (Å²) in [6.45, 7) is 0.231. The third-order valence-corrected chi connectivity index (χ3v) is 3.07. The Morgan fingerprint density at radius 1 is 1.11 bits per heavy atom. The van der Waals surface area contributed by atoms with Crippen LogP contribution < -0.4 is 4.74 Å². The molecule has 0 radical (unpaired) electrons. The first kappa shape index (κ1) is 12.1. The molecule has 1 heterocycles. The standard InChI is InChI=1S/C15H10ClFO2/c16-14-5-2-6-15-13(14)8-12(19-15)9-18-11-4-1-3-10(17)7-11/h1-8H,9H2. The molecule has 0 saturated heterocycles. The van der Waals surface area contributed by atoms with Crippen molar-refractivity contribution >= 4 is 22.6 Å². The molecule has 0 amide bonds. The molecule has 0 spiro atoms. The highest BCUT2D eigenvalue weighted by Crippen LogP contribution is 2.27. The van der Waals surface area contributed by atoms with E-state index in [0.717, 1.165) is 5.39 Å². The Kier molecular flexibility index (Phi) is 3.13. The highest BCUT2D eigenvalue weighted by Gasteiger charge is 2.07. The van der Waals surface area contributed by atoms with Gasteiger partial charge in [-0.1, -0.05) is 23.7 Å². The molecule has 0 bridgehead atoms. The zero-order chi connectivity index (χ0) is 13.2. The van der Waals surface area contributed by atoms with E-state index in [9.17, 15) is 4.39 Å². The van der Waals surface area contributed by atoms with Gasteiger partial charge in [0.25, 0.3) is 0 Å². The van der Waals surface area contributed by atoms with Crippen molar-refractivity contribution in [2.45, 2.75) is 6.61 Å². The molecular weight excluding hydrogens is 267 g/mol. The lowest BCUT2D eigenvalue weighted by Crippen LogP contribution is -1.93. The molecule has 0 saturated carbocycles. The van der Waals surface area contributed by atoms with E-state index in [1.54, 1.807) is 18.2 Å². The zero-order valence-corrected chi connectivity index (χ0v) is 10.7. The van der Waals surface area contributed by atoms with Crippen LogP contribution in [0.15, 0.2) is 52.9 Å². The highest BCUT2D eigenvalue weighted by atomic mass is 35.5. The van der Waals surface area contributed by atoms with E-state index >= 15 is 0 Å². The van der Waals surface area contributed by atoms with Crippen LogP contribution in [0.1, 0.15) is 5.76 Å². The molecule has 0 N–H and O–H groups in total. The minimum absolute atomic E-state index is 0.231. The topological polar surface area (TPSA) is 22.4 Å². The second-order valence-electron chi connectivity index (χ2n) is 4.11. The van der Waals surface area contributed by atoms with Crippen molar-refractivity contribution in [1.29, 1.82) is 0 Å². The van der Waals surface area contributed by atoms with E-state index in [4.69, 9.17) is 20.8 Å². The van der Waals surface area contributed by atoms with Crippen LogP contribution in [0.25, 0.3) is 11.0 Å². The Morgan fingerprint density at radius 2 is 1.95 bits per heavy atom. The van der Waals surface area contributed by atoms with Crippen LogP contribution in [0.4, 0.5) is 4.39 Å². The summed E-state index contributed by atoms with van der Waals surface area (Å²) >= 11 is 6.06. The van der Waals surface area contributed by atoms with Crippen molar-refractivity contribution in [3.63, 3.8) is 0 Å². The molecule has 0 atom stereocenters.